The maximum absolute atomic E-state index is 10.8. The van der Waals surface area contributed by atoms with Gasteiger partial charge in [0.2, 0.25) is 0 Å². The lowest BCUT2D eigenvalue weighted by Crippen LogP contribution is -2.03. The summed E-state index contributed by atoms with van der Waals surface area (Å²) in [7, 11) is 0. The maximum Gasteiger partial charge on any atom is 0.313 e. The highest BCUT2D eigenvalue weighted by Crippen LogP contribution is 2.49. The quantitative estimate of drug-likeness (QED) is 0.853. The van der Waals surface area contributed by atoms with Gasteiger partial charge in [0.05, 0.1) is 16.8 Å². The van der Waals surface area contributed by atoms with Crippen LogP contribution in [0.2, 0.25) is 5.02 Å². The first-order valence-corrected chi connectivity index (χ1v) is 7.98. The van der Waals surface area contributed by atoms with Gasteiger partial charge in [0.1, 0.15) is 0 Å². The number of hydrogen-bond donors (Lipinski definition) is 1. The van der Waals surface area contributed by atoms with Crippen molar-refractivity contribution in [3.8, 4) is 0 Å². The molecule has 2 atom stereocenters. The Hall–Kier alpha value is -1.20. The minimum Gasteiger partial charge on any atom is -0.481 e. The van der Waals surface area contributed by atoms with Gasteiger partial charge in [0.25, 0.3) is 0 Å². The van der Waals surface area contributed by atoms with Crippen LogP contribution in [0.3, 0.4) is 0 Å². The molecule has 2 unspecified atom stereocenters. The monoisotopic (exact) mass is 310 g/mol. The maximum atomic E-state index is 10.8. The van der Waals surface area contributed by atoms with E-state index in [1.54, 1.807) is 0 Å². The first-order valence-electron chi connectivity index (χ1n) is 6.62. The molecular formula is C14H15ClN2O2S. The van der Waals surface area contributed by atoms with Crippen LogP contribution < -0.4 is 0 Å². The number of benzene rings is 1. The largest absolute Gasteiger partial charge is 0.481 e. The summed E-state index contributed by atoms with van der Waals surface area (Å²) in [6, 6.07) is 6.05. The molecule has 20 heavy (non-hydrogen) atoms. The van der Waals surface area contributed by atoms with Crippen LogP contribution >= 0.6 is 23.4 Å². The lowest BCUT2D eigenvalue weighted by atomic mass is 10.3. The van der Waals surface area contributed by atoms with Gasteiger partial charge in [-0.25, -0.2) is 4.98 Å². The molecule has 1 aromatic heterocycles. The average Bonchev–Trinajstić information content (AvgIpc) is 3.10. The summed E-state index contributed by atoms with van der Waals surface area (Å²) in [5.41, 5.74) is 1.88. The summed E-state index contributed by atoms with van der Waals surface area (Å²) in [6.07, 6.45) is 2.27. The molecule has 2 aromatic rings. The number of thioether (sulfide) groups is 1. The summed E-state index contributed by atoms with van der Waals surface area (Å²) in [5.74, 6) is -0.134. The van der Waals surface area contributed by atoms with Crippen molar-refractivity contribution in [3.05, 3.63) is 23.2 Å². The van der Waals surface area contributed by atoms with Crippen molar-refractivity contribution in [2.24, 2.45) is 5.92 Å². The number of hydrogen-bond acceptors (Lipinski definition) is 3. The third-order valence-corrected chi connectivity index (χ3v) is 4.86. The Morgan fingerprint density at radius 2 is 2.40 bits per heavy atom. The predicted molar refractivity (Wildman–Crippen MR) is 80.5 cm³/mol. The fourth-order valence-electron chi connectivity index (χ4n) is 2.58. The van der Waals surface area contributed by atoms with Gasteiger partial charge in [0, 0.05) is 11.1 Å². The summed E-state index contributed by atoms with van der Waals surface area (Å²) >= 11 is 7.36. The topological polar surface area (TPSA) is 55.1 Å². The standard InChI is InChI=1S/C14H15ClN2O2S/c1-2-8-5-11(8)17-12-6-9(15)3-4-10(12)16-14(17)20-7-13(18)19/h3-4,6,8,11H,2,5,7H2,1H3,(H,18,19). The van der Waals surface area contributed by atoms with E-state index in [4.69, 9.17) is 16.7 Å². The normalized spacial score (nSPS) is 21.3. The molecule has 0 amide bonds. The fraction of sp³-hybridized carbons (Fsp3) is 0.429. The molecule has 0 aliphatic heterocycles. The summed E-state index contributed by atoms with van der Waals surface area (Å²) in [4.78, 5) is 15.3. The van der Waals surface area contributed by atoms with E-state index in [0.717, 1.165) is 29.0 Å². The molecule has 0 saturated heterocycles. The van der Waals surface area contributed by atoms with Crippen molar-refractivity contribution in [1.82, 2.24) is 9.55 Å². The number of carboxylic acids is 1. The molecule has 1 aliphatic carbocycles. The van der Waals surface area contributed by atoms with Gasteiger partial charge >= 0.3 is 5.97 Å². The van der Waals surface area contributed by atoms with E-state index in [1.807, 2.05) is 18.2 Å². The zero-order chi connectivity index (χ0) is 14.3. The second-order valence-corrected chi connectivity index (χ2v) is 6.43. The van der Waals surface area contributed by atoms with Crippen LogP contribution in [0, 0.1) is 5.92 Å². The number of imidazole rings is 1. The Morgan fingerprint density at radius 3 is 3.05 bits per heavy atom. The minimum atomic E-state index is -0.825. The molecule has 1 fully saturated rings. The SMILES string of the molecule is CCC1CC1n1c(SCC(=O)O)nc2ccc(Cl)cc21. The number of carboxylic acid groups (broad SMARTS) is 1. The molecule has 1 saturated carbocycles. The third-order valence-electron chi connectivity index (χ3n) is 3.69. The number of aliphatic carboxylic acids is 1. The Labute approximate surface area is 126 Å². The second kappa shape index (κ2) is 5.30. The molecule has 1 N–H and O–H groups in total. The van der Waals surface area contributed by atoms with Crippen LogP contribution in [-0.4, -0.2) is 26.4 Å². The fourth-order valence-corrected chi connectivity index (χ4v) is 3.53. The van der Waals surface area contributed by atoms with Gasteiger partial charge in [-0.1, -0.05) is 36.7 Å². The molecule has 1 aliphatic rings. The highest BCUT2D eigenvalue weighted by molar-refractivity contribution is 7.99. The van der Waals surface area contributed by atoms with Crippen LogP contribution in [0.1, 0.15) is 25.8 Å². The molecule has 1 aromatic carbocycles. The third kappa shape index (κ3) is 2.52. The Bertz CT molecular complexity index is 670. The van der Waals surface area contributed by atoms with Crippen molar-refractivity contribution in [1.29, 1.82) is 0 Å². The first kappa shape index (κ1) is 13.8. The van der Waals surface area contributed by atoms with Crippen LogP contribution in [0.5, 0.6) is 0 Å². The van der Waals surface area contributed by atoms with E-state index in [-0.39, 0.29) is 5.75 Å². The lowest BCUT2D eigenvalue weighted by Gasteiger charge is -2.07. The second-order valence-electron chi connectivity index (χ2n) is 5.05. The van der Waals surface area contributed by atoms with Crippen LogP contribution in [0.4, 0.5) is 0 Å². The first-order chi connectivity index (χ1) is 9.60. The molecule has 4 nitrogen and oxygen atoms in total. The molecule has 0 radical (unpaired) electrons. The number of halogens is 1. The van der Waals surface area contributed by atoms with Crippen molar-refractivity contribution >= 4 is 40.4 Å². The molecular weight excluding hydrogens is 296 g/mol. The van der Waals surface area contributed by atoms with Crippen molar-refractivity contribution in [2.45, 2.75) is 31.0 Å². The highest BCUT2D eigenvalue weighted by atomic mass is 35.5. The van der Waals surface area contributed by atoms with Gasteiger partial charge < -0.3 is 9.67 Å². The highest BCUT2D eigenvalue weighted by Gasteiger charge is 2.39. The zero-order valence-corrected chi connectivity index (χ0v) is 12.6. The molecule has 0 bridgehead atoms. The molecule has 3 rings (SSSR count). The van der Waals surface area contributed by atoms with Crippen molar-refractivity contribution in [3.63, 3.8) is 0 Å². The van der Waals surface area contributed by atoms with E-state index < -0.39 is 5.97 Å². The lowest BCUT2D eigenvalue weighted by molar-refractivity contribution is -0.133. The average molecular weight is 311 g/mol. The van der Waals surface area contributed by atoms with Crippen LogP contribution in [-0.2, 0) is 4.79 Å². The van der Waals surface area contributed by atoms with Crippen LogP contribution in [0.25, 0.3) is 11.0 Å². The smallest absolute Gasteiger partial charge is 0.313 e. The van der Waals surface area contributed by atoms with E-state index in [0.29, 0.717) is 17.0 Å². The minimum absolute atomic E-state index is 0.0283. The van der Waals surface area contributed by atoms with Gasteiger partial charge in [-0.15, -0.1) is 0 Å². The predicted octanol–water partition coefficient (Wildman–Crippen LogP) is 3.84. The summed E-state index contributed by atoms with van der Waals surface area (Å²) < 4.78 is 2.17. The Morgan fingerprint density at radius 1 is 1.60 bits per heavy atom. The van der Waals surface area contributed by atoms with Gasteiger partial charge in [-0.05, 0) is 30.5 Å². The van der Waals surface area contributed by atoms with Crippen molar-refractivity contribution < 1.29 is 9.90 Å². The Balaban J connectivity index is 2.03. The molecule has 0 spiro atoms. The van der Waals surface area contributed by atoms with E-state index in [9.17, 15) is 4.79 Å². The number of aromatic nitrogens is 2. The van der Waals surface area contributed by atoms with Gasteiger partial charge in [-0.3, -0.25) is 4.79 Å². The van der Waals surface area contributed by atoms with Crippen molar-refractivity contribution in [2.75, 3.05) is 5.75 Å². The molecule has 106 valence electrons. The van der Waals surface area contributed by atoms with E-state index in [2.05, 4.69) is 16.5 Å². The van der Waals surface area contributed by atoms with E-state index in [1.165, 1.54) is 11.8 Å². The van der Waals surface area contributed by atoms with Crippen LogP contribution in [0.15, 0.2) is 23.4 Å². The summed E-state index contributed by atoms with van der Waals surface area (Å²) in [5, 5.41) is 10.3. The van der Waals surface area contributed by atoms with Gasteiger partial charge in [-0.2, -0.15) is 0 Å². The number of rotatable bonds is 5. The summed E-state index contributed by atoms with van der Waals surface area (Å²) in [6.45, 7) is 2.18. The van der Waals surface area contributed by atoms with Gasteiger partial charge in [0.15, 0.2) is 5.16 Å². The number of fused-ring (bicyclic) bond motifs is 1. The molecule has 1 heterocycles. The zero-order valence-electron chi connectivity index (χ0n) is 11.0. The number of carbonyl (C=O) groups is 1. The number of nitrogens with zero attached hydrogens (tertiary/aromatic N) is 2. The van der Waals surface area contributed by atoms with E-state index >= 15 is 0 Å². The Kier molecular flexibility index (Phi) is 3.65. The molecule has 6 heteroatoms.